The van der Waals surface area contributed by atoms with Gasteiger partial charge in [0.15, 0.2) is 0 Å². The van der Waals surface area contributed by atoms with E-state index in [2.05, 4.69) is 20.4 Å². The zero-order chi connectivity index (χ0) is 20.2. The van der Waals surface area contributed by atoms with Crippen LogP contribution in [0, 0.1) is 0 Å². The molecule has 0 fully saturated rings. The van der Waals surface area contributed by atoms with Crippen molar-refractivity contribution in [3.63, 3.8) is 0 Å². The van der Waals surface area contributed by atoms with Crippen LogP contribution in [0.5, 0.6) is 0 Å². The van der Waals surface area contributed by atoms with Crippen molar-refractivity contribution in [2.75, 3.05) is 0 Å². The summed E-state index contributed by atoms with van der Waals surface area (Å²) in [5.74, 6) is 1.01. The van der Waals surface area contributed by atoms with Gasteiger partial charge in [-0.05, 0) is 48.0 Å². The monoisotopic (exact) mass is 391 g/mol. The highest BCUT2D eigenvalue weighted by molar-refractivity contribution is 5.69. The predicted molar refractivity (Wildman–Crippen MR) is 115 cm³/mol. The number of para-hydroxylation sites is 1. The van der Waals surface area contributed by atoms with Crippen molar-refractivity contribution in [3.05, 3.63) is 102 Å². The molecule has 5 aromatic rings. The zero-order valence-electron chi connectivity index (χ0n) is 16.0. The Labute approximate surface area is 173 Å². The number of nitrogens with zero attached hydrogens (tertiary/aromatic N) is 5. The van der Waals surface area contributed by atoms with Crippen molar-refractivity contribution in [1.82, 2.24) is 25.2 Å². The highest BCUT2D eigenvalue weighted by Gasteiger charge is 2.09. The minimum absolute atomic E-state index is 0.496. The van der Waals surface area contributed by atoms with E-state index < -0.39 is 0 Å². The molecule has 0 radical (unpaired) electrons. The first-order valence-electron chi connectivity index (χ1n) is 9.50. The third-order valence-electron chi connectivity index (χ3n) is 4.55. The van der Waals surface area contributed by atoms with E-state index in [9.17, 15) is 0 Å². The highest BCUT2D eigenvalue weighted by Crippen LogP contribution is 2.24. The lowest BCUT2D eigenvalue weighted by Gasteiger charge is -1.97. The second-order valence-corrected chi connectivity index (χ2v) is 6.63. The maximum Gasteiger partial charge on any atom is 0.248 e. The molecular weight excluding hydrogens is 374 g/mol. The van der Waals surface area contributed by atoms with Gasteiger partial charge >= 0.3 is 0 Å². The summed E-state index contributed by atoms with van der Waals surface area (Å²) >= 11 is 0. The number of rotatable bonds is 5. The molecule has 0 amide bonds. The first-order chi connectivity index (χ1) is 14.8. The lowest BCUT2D eigenvalue weighted by Crippen LogP contribution is -1.97. The SMILES string of the molecule is C(=Cc1cnn(-c2ccccc2)n1)c1ccc(-c2nnc(-c3ccccc3)o2)cc1. The molecule has 5 rings (SSSR count). The maximum atomic E-state index is 5.81. The van der Waals surface area contributed by atoms with Gasteiger partial charge in [0, 0.05) is 11.1 Å². The van der Waals surface area contributed by atoms with E-state index >= 15 is 0 Å². The molecule has 6 nitrogen and oxygen atoms in total. The van der Waals surface area contributed by atoms with Gasteiger partial charge in [-0.25, -0.2) is 0 Å². The maximum absolute atomic E-state index is 5.81. The van der Waals surface area contributed by atoms with Crippen LogP contribution in [0.25, 0.3) is 40.7 Å². The quantitative estimate of drug-likeness (QED) is 0.414. The summed E-state index contributed by atoms with van der Waals surface area (Å²) < 4.78 is 5.81. The van der Waals surface area contributed by atoms with Crippen molar-refractivity contribution < 1.29 is 4.42 Å². The molecule has 144 valence electrons. The van der Waals surface area contributed by atoms with Crippen molar-refractivity contribution >= 4 is 12.2 Å². The summed E-state index contributed by atoms with van der Waals surface area (Å²) in [6.07, 6.45) is 5.66. The van der Waals surface area contributed by atoms with Crippen molar-refractivity contribution in [1.29, 1.82) is 0 Å². The average molecular weight is 391 g/mol. The van der Waals surface area contributed by atoms with Crippen LogP contribution in [0.15, 0.2) is 95.5 Å². The van der Waals surface area contributed by atoms with Crippen LogP contribution < -0.4 is 0 Å². The number of aromatic nitrogens is 5. The molecule has 0 aliphatic heterocycles. The molecule has 2 aromatic heterocycles. The van der Waals surface area contributed by atoms with E-state index in [-0.39, 0.29) is 0 Å². The van der Waals surface area contributed by atoms with Gasteiger partial charge in [-0.3, -0.25) is 0 Å². The second kappa shape index (κ2) is 7.97. The topological polar surface area (TPSA) is 69.6 Å². The van der Waals surface area contributed by atoms with Gasteiger partial charge in [0.25, 0.3) is 0 Å². The standard InChI is InChI=1S/C24H17N5O/c1-3-7-19(8-4-1)23-26-27-24(30-23)20-14-11-18(12-15-20)13-16-21-17-25-29(28-21)22-9-5-2-6-10-22/h1-17H. The largest absolute Gasteiger partial charge is 0.416 e. The first-order valence-corrected chi connectivity index (χ1v) is 9.50. The minimum Gasteiger partial charge on any atom is -0.416 e. The van der Waals surface area contributed by atoms with Crippen molar-refractivity contribution in [3.8, 4) is 28.6 Å². The molecule has 30 heavy (non-hydrogen) atoms. The van der Waals surface area contributed by atoms with Crippen LogP contribution in [-0.4, -0.2) is 25.2 Å². The van der Waals surface area contributed by atoms with Gasteiger partial charge < -0.3 is 4.42 Å². The van der Waals surface area contributed by atoms with Gasteiger partial charge in [0.2, 0.25) is 11.8 Å². The molecule has 0 N–H and O–H groups in total. The van der Waals surface area contributed by atoms with E-state index in [0.717, 1.165) is 28.1 Å². The Morgan fingerprint density at radius 3 is 2.00 bits per heavy atom. The summed E-state index contributed by atoms with van der Waals surface area (Å²) in [5.41, 5.74) is 4.52. The molecule has 0 saturated carbocycles. The number of benzene rings is 3. The summed E-state index contributed by atoms with van der Waals surface area (Å²) in [4.78, 5) is 1.61. The molecule has 0 spiro atoms. The Morgan fingerprint density at radius 1 is 0.667 bits per heavy atom. The van der Waals surface area contributed by atoms with E-state index in [0.29, 0.717) is 11.8 Å². The van der Waals surface area contributed by atoms with E-state index in [1.807, 2.05) is 97.1 Å². The molecule has 0 aliphatic carbocycles. The first kappa shape index (κ1) is 17.8. The zero-order valence-corrected chi connectivity index (χ0v) is 16.0. The second-order valence-electron chi connectivity index (χ2n) is 6.63. The van der Waals surface area contributed by atoms with Gasteiger partial charge in [-0.2, -0.15) is 9.90 Å². The van der Waals surface area contributed by atoms with Crippen LogP contribution in [0.1, 0.15) is 11.3 Å². The number of hydrogen-bond acceptors (Lipinski definition) is 5. The molecule has 0 atom stereocenters. The third kappa shape index (κ3) is 3.79. The minimum atomic E-state index is 0.496. The number of hydrogen-bond donors (Lipinski definition) is 0. The Balaban J connectivity index is 1.30. The Hall–Kier alpha value is -4.32. The van der Waals surface area contributed by atoms with Crippen molar-refractivity contribution in [2.45, 2.75) is 0 Å². The van der Waals surface area contributed by atoms with Gasteiger partial charge in [0.1, 0.15) is 5.69 Å². The van der Waals surface area contributed by atoms with Crippen LogP contribution in [0.3, 0.4) is 0 Å². The van der Waals surface area contributed by atoms with Crippen LogP contribution in [-0.2, 0) is 0 Å². The Morgan fingerprint density at radius 2 is 1.30 bits per heavy atom. The lowest BCUT2D eigenvalue weighted by molar-refractivity contribution is 0.584. The smallest absolute Gasteiger partial charge is 0.248 e. The molecule has 3 aromatic carbocycles. The summed E-state index contributed by atoms with van der Waals surface area (Å²) in [5, 5.41) is 17.1. The summed E-state index contributed by atoms with van der Waals surface area (Å²) in [7, 11) is 0. The van der Waals surface area contributed by atoms with E-state index in [4.69, 9.17) is 4.42 Å². The van der Waals surface area contributed by atoms with Crippen molar-refractivity contribution in [2.24, 2.45) is 0 Å². The molecule has 0 bridgehead atoms. The molecular formula is C24H17N5O. The fourth-order valence-electron chi connectivity index (χ4n) is 2.99. The van der Waals surface area contributed by atoms with Crippen LogP contribution >= 0.6 is 0 Å². The Kier molecular flexibility index (Phi) is 4.72. The molecule has 0 saturated heterocycles. The highest BCUT2D eigenvalue weighted by atomic mass is 16.4. The van der Waals surface area contributed by atoms with E-state index in [1.165, 1.54) is 0 Å². The van der Waals surface area contributed by atoms with Crippen LogP contribution in [0.4, 0.5) is 0 Å². The Bertz CT molecular complexity index is 1270. The predicted octanol–water partition coefficient (Wildman–Crippen LogP) is 5.15. The summed E-state index contributed by atoms with van der Waals surface area (Å²) in [6, 6.07) is 27.5. The fraction of sp³-hybridized carbons (Fsp3) is 0. The van der Waals surface area contributed by atoms with Gasteiger partial charge in [0.05, 0.1) is 11.9 Å². The molecule has 0 aliphatic rings. The van der Waals surface area contributed by atoms with Crippen LogP contribution in [0.2, 0.25) is 0 Å². The van der Waals surface area contributed by atoms with E-state index in [1.54, 1.807) is 11.0 Å². The summed E-state index contributed by atoms with van der Waals surface area (Å²) in [6.45, 7) is 0. The fourth-order valence-corrected chi connectivity index (χ4v) is 2.99. The third-order valence-corrected chi connectivity index (χ3v) is 4.55. The normalized spacial score (nSPS) is 11.2. The van der Waals surface area contributed by atoms with Gasteiger partial charge in [-0.1, -0.05) is 54.6 Å². The molecule has 6 heteroatoms. The van der Waals surface area contributed by atoms with Gasteiger partial charge in [-0.15, -0.1) is 15.3 Å². The average Bonchev–Trinajstić information content (AvgIpc) is 3.50. The molecule has 2 heterocycles. The molecule has 0 unspecified atom stereocenters. The lowest BCUT2D eigenvalue weighted by atomic mass is 10.1.